The Labute approximate surface area is 214 Å². The molecule has 0 aromatic heterocycles. The van der Waals surface area contributed by atoms with E-state index in [1.54, 1.807) is 0 Å². The highest BCUT2D eigenvalue weighted by atomic mass is 16.7. The maximum absolute atomic E-state index is 6.46. The molecule has 1 aliphatic rings. The minimum atomic E-state index is -0.386. The molecule has 5 aromatic rings. The molecule has 3 heteroatoms. The third-order valence-electron chi connectivity index (χ3n) is 8.08. The maximum Gasteiger partial charge on any atom is 0.495 e. The van der Waals surface area contributed by atoms with Gasteiger partial charge in [-0.2, -0.15) is 0 Å². The van der Waals surface area contributed by atoms with Crippen molar-refractivity contribution in [2.75, 3.05) is 0 Å². The molecule has 1 heterocycles. The van der Waals surface area contributed by atoms with Crippen LogP contribution < -0.4 is 5.46 Å². The highest BCUT2D eigenvalue weighted by Crippen LogP contribution is 2.39. The number of hydrogen-bond donors (Lipinski definition) is 0. The molecule has 5 aromatic carbocycles. The Kier molecular flexibility index (Phi) is 5.33. The molecule has 0 amide bonds. The summed E-state index contributed by atoms with van der Waals surface area (Å²) in [5.41, 5.74) is 6.48. The van der Waals surface area contributed by atoms with Crippen LogP contribution in [0.15, 0.2) is 97.1 Å². The van der Waals surface area contributed by atoms with E-state index in [0.717, 1.165) is 5.46 Å². The van der Waals surface area contributed by atoms with Gasteiger partial charge >= 0.3 is 7.12 Å². The summed E-state index contributed by atoms with van der Waals surface area (Å²) >= 11 is 0. The summed E-state index contributed by atoms with van der Waals surface area (Å²) in [6, 6.07) is 34.9. The van der Waals surface area contributed by atoms with Crippen molar-refractivity contribution in [1.82, 2.24) is 0 Å². The third kappa shape index (κ3) is 3.66. The normalized spacial score (nSPS) is 16.6. The Morgan fingerprint density at radius 2 is 1.08 bits per heavy atom. The molecule has 0 radical (unpaired) electrons. The maximum atomic E-state index is 6.46. The van der Waals surface area contributed by atoms with Gasteiger partial charge in [0.25, 0.3) is 0 Å². The first-order chi connectivity index (χ1) is 17.2. The highest BCUT2D eigenvalue weighted by Gasteiger charge is 2.52. The fraction of sp³-hybridized carbons (Fsp3) is 0.212. The van der Waals surface area contributed by atoms with Gasteiger partial charge in [0.2, 0.25) is 0 Å². The molecule has 1 saturated heterocycles. The van der Waals surface area contributed by atoms with E-state index in [1.165, 1.54) is 49.4 Å². The van der Waals surface area contributed by atoms with Gasteiger partial charge in [-0.1, -0.05) is 103 Å². The first kappa shape index (κ1) is 23.0. The summed E-state index contributed by atoms with van der Waals surface area (Å²) in [6.45, 7) is 10.6. The van der Waals surface area contributed by atoms with Crippen molar-refractivity contribution in [3.05, 3.63) is 103 Å². The summed E-state index contributed by atoms with van der Waals surface area (Å²) in [4.78, 5) is 0. The molecule has 0 bridgehead atoms. The van der Waals surface area contributed by atoms with Crippen molar-refractivity contribution >= 4 is 34.1 Å². The second-order valence-corrected chi connectivity index (χ2v) is 10.9. The Bertz CT molecular complexity index is 1580. The van der Waals surface area contributed by atoms with Crippen LogP contribution in [0.1, 0.15) is 33.3 Å². The summed E-state index contributed by atoms with van der Waals surface area (Å²) in [5, 5.41) is 4.94. The molecule has 0 unspecified atom stereocenters. The zero-order valence-corrected chi connectivity index (χ0v) is 21.6. The number of benzene rings is 5. The zero-order valence-electron chi connectivity index (χ0n) is 21.6. The molecule has 0 aliphatic carbocycles. The topological polar surface area (TPSA) is 18.5 Å². The quantitative estimate of drug-likeness (QED) is 0.249. The van der Waals surface area contributed by atoms with Crippen molar-refractivity contribution in [1.29, 1.82) is 0 Å². The molecule has 0 N–H and O–H groups in total. The van der Waals surface area contributed by atoms with Gasteiger partial charge in [0, 0.05) is 0 Å². The molecule has 0 atom stereocenters. The highest BCUT2D eigenvalue weighted by molar-refractivity contribution is 6.66. The van der Waals surface area contributed by atoms with Gasteiger partial charge in [-0.25, -0.2) is 0 Å². The molecular formula is C33H31BO2. The summed E-state index contributed by atoms with van der Waals surface area (Å²) in [5.74, 6) is 0. The van der Waals surface area contributed by atoms with Crippen LogP contribution in [0.25, 0.3) is 43.8 Å². The molecule has 0 spiro atoms. The standard InChI is InChI=1S/C33H31BO2/c1-22-21-30(25-19-17-24(18-20-25)27-16-10-12-23-11-6-7-13-26(23)27)28-14-8-9-15-29(28)31(22)34-35-32(2,3)33(4,5)36-34/h6-21H,1-5H3. The fourth-order valence-electron chi connectivity index (χ4n) is 5.36. The SMILES string of the molecule is Cc1cc(-c2ccc(-c3cccc4ccccc34)cc2)c2ccccc2c1B1OC(C)(C)C(C)(C)O1. The van der Waals surface area contributed by atoms with Crippen LogP contribution >= 0.6 is 0 Å². The molecular weight excluding hydrogens is 439 g/mol. The van der Waals surface area contributed by atoms with Crippen molar-refractivity contribution in [3.8, 4) is 22.3 Å². The molecule has 6 rings (SSSR count). The van der Waals surface area contributed by atoms with Gasteiger partial charge in [-0.3, -0.25) is 0 Å². The van der Waals surface area contributed by atoms with Gasteiger partial charge in [0.15, 0.2) is 0 Å². The number of hydrogen-bond acceptors (Lipinski definition) is 2. The summed E-state index contributed by atoms with van der Waals surface area (Å²) in [7, 11) is -0.386. The lowest BCUT2D eigenvalue weighted by molar-refractivity contribution is 0.00578. The van der Waals surface area contributed by atoms with Crippen LogP contribution in [0, 0.1) is 6.92 Å². The summed E-state index contributed by atoms with van der Waals surface area (Å²) in [6.07, 6.45) is 0. The van der Waals surface area contributed by atoms with E-state index in [4.69, 9.17) is 9.31 Å². The number of rotatable bonds is 3. The van der Waals surface area contributed by atoms with Crippen molar-refractivity contribution in [3.63, 3.8) is 0 Å². The van der Waals surface area contributed by atoms with E-state index in [2.05, 4.69) is 132 Å². The van der Waals surface area contributed by atoms with E-state index < -0.39 is 0 Å². The molecule has 1 fully saturated rings. The second-order valence-electron chi connectivity index (χ2n) is 10.9. The van der Waals surface area contributed by atoms with Crippen molar-refractivity contribution in [2.24, 2.45) is 0 Å². The molecule has 178 valence electrons. The average Bonchev–Trinajstić information content (AvgIpc) is 3.09. The van der Waals surface area contributed by atoms with Crippen LogP contribution in [0.2, 0.25) is 0 Å². The lowest BCUT2D eigenvalue weighted by atomic mass is 9.72. The van der Waals surface area contributed by atoms with Crippen LogP contribution in [0.5, 0.6) is 0 Å². The summed E-state index contributed by atoms with van der Waals surface area (Å²) < 4.78 is 12.9. The first-order valence-electron chi connectivity index (χ1n) is 12.7. The van der Waals surface area contributed by atoms with Gasteiger partial charge < -0.3 is 9.31 Å². The largest absolute Gasteiger partial charge is 0.495 e. The van der Waals surface area contributed by atoms with E-state index >= 15 is 0 Å². The van der Waals surface area contributed by atoms with E-state index in [1.807, 2.05) is 0 Å². The molecule has 1 aliphatic heterocycles. The fourth-order valence-corrected chi connectivity index (χ4v) is 5.36. The van der Waals surface area contributed by atoms with Crippen LogP contribution in [0.4, 0.5) is 0 Å². The monoisotopic (exact) mass is 470 g/mol. The minimum Gasteiger partial charge on any atom is -0.399 e. The van der Waals surface area contributed by atoms with Crippen molar-refractivity contribution < 1.29 is 9.31 Å². The average molecular weight is 470 g/mol. The van der Waals surface area contributed by atoms with Gasteiger partial charge in [0.1, 0.15) is 0 Å². The lowest BCUT2D eigenvalue weighted by Gasteiger charge is -2.32. The minimum absolute atomic E-state index is 0.374. The third-order valence-corrected chi connectivity index (χ3v) is 8.08. The Morgan fingerprint density at radius 1 is 0.556 bits per heavy atom. The van der Waals surface area contributed by atoms with Crippen LogP contribution in [0.3, 0.4) is 0 Å². The number of fused-ring (bicyclic) bond motifs is 2. The van der Waals surface area contributed by atoms with Gasteiger partial charge in [0.05, 0.1) is 11.2 Å². The smallest absolute Gasteiger partial charge is 0.399 e. The second kappa shape index (κ2) is 8.33. The van der Waals surface area contributed by atoms with Gasteiger partial charge in [-0.15, -0.1) is 0 Å². The van der Waals surface area contributed by atoms with E-state index in [9.17, 15) is 0 Å². The van der Waals surface area contributed by atoms with Gasteiger partial charge in [-0.05, 0) is 83.9 Å². The first-order valence-corrected chi connectivity index (χ1v) is 12.7. The molecule has 2 nitrogen and oxygen atoms in total. The molecule has 36 heavy (non-hydrogen) atoms. The van der Waals surface area contributed by atoms with E-state index in [0.29, 0.717) is 0 Å². The zero-order chi connectivity index (χ0) is 25.1. The predicted molar refractivity (Wildman–Crippen MR) is 153 cm³/mol. The predicted octanol–water partition coefficient (Wildman–Crippen LogP) is 7.93. The van der Waals surface area contributed by atoms with Crippen LogP contribution in [-0.2, 0) is 9.31 Å². The van der Waals surface area contributed by atoms with E-state index in [-0.39, 0.29) is 18.3 Å². The number of aryl methyl sites for hydroxylation is 1. The Morgan fingerprint density at radius 3 is 1.75 bits per heavy atom. The Hall–Kier alpha value is -3.40. The molecule has 0 saturated carbocycles. The van der Waals surface area contributed by atoms with Crippen LogP contribution in [-0.4, -0.2) is 18.3 Å². The van der Waals surface area contributed by atoms with Crippen molar-refractivity contribution in [2.45, 2.75) is 45.8 Å². The Balaban J connectivity index is 1.44. The lowest BCUT2D eigenvalue weighted by Crippen LogP contribution is -2.41.